The fourth-order valence-corrected chi connectivity index (χ4v) is 2.23. The van der Waals surface area contributed by atoms with Crippen LogP contribution >= 0.6 is 0 Å². The Morgan fingerprint density at radius 3 is 2.45 bits per heavy atom. The largest absolute Gasteiger partial charge is 0.367 e. The summed E-state index contributed by atoms with van der Waals surface area (Å²) in [5, 5.41) is 3.90. The van der Waals surface area contributed by atoms with Crippen LogP contribution in [0.5, 0.6) is 0 Å². The number of benzene rings is 1. The molecule has 0 saturated heterocycles. The van der Waals surface area contributed by atoms with Crippen molar-refractivity contribution in [3.05, 3.63) is 35.5 Å². The van der Waals surface area contributed by atoms with Gasteiger partial charge in [-0.1, -0.05) is 31.3 Å². The number of nitrogens with zero attached hydrogens (tertiary/aromatic N) is 1. The maximum absolute atomic E-state index is 13.3. The number of halogens is 2. The number of nitrogen functional groups attached to an aromatic ring is 1. The number of rotatable bonds is 6. The van der Waals surface area contributed by atoms with Crippen LogP contribution in [0.25, 0.3) is 11.1 Å². The zero-order valence-electron chi connectivity index (χ0n) is 11.5. The van der Waals surface area contributed by atoms with Crippen LogP contribution in [0.2, 0.25) is 0 Å². The van der Waals surface area contributed by atoms with E-state index in [-0.39, 0.29) is 5.88 Å². The van der Waals surface area contributed by atoms with E-state index in [1.54, 1.807) is 0 Å². The standard InChI is InChI=1S/C15H18F2N2O/c1-2-3-4-5-6-13-14(15(18)20-19-13)10-7-11(16)9-12(17)8-10/h7-9H,2-6,18H2,1H3. The molecule has 0 aliphatic carbocycles. The van der Waals surface area contributed by atoms with Gasteiger partial charge < -0.3 is 10.3 Å². The van der Waals surface area contributed by atoms with Crippen molar-refractivity contribution in [1.82, 2.24) is 5.16 Å². The monoisotopic (exact) mass is 280 g/mol. The van der Waals surface area contributed by atoms with Crippen LogP contribution in [0.4, 0.5) is 14.7 Å². The van der Waals surface area contributed by atoms with Gasteiger partial charge in [0, 0.05) is 6.07 Å². The number of aromatic nitrogens is 1. The molecule has 20 heavy (non-hydrogen) atoms. The smallest absolute Gasteiger partial charge is 0.230 e. The van der Waals surface area contributed by atoms with Gasteiger partial charge in [-0.3, -0.25) is 0 Å². The summed E-state index contributed by atoms with van der Waals surface area (Å²) in [6.45, 7) is 2.13. The fraction of sp³-hybridized carbons (Fsp3) is 0.400. The third-order valence-corrected chi connectivity index (χ3v) is 3.21. The van der Waals surface area contributed by atoms with Crippen molar-refractivity contribution < 1.29 is 13.3 Å². The molecule has 0 aliphatic rings. The van der Waals surface area contributed by atoms with Crippen molar-refractivity contribution in [3.8, 4) is 11.1 Å². The first-order valence-electron chi connectivity index (χ1n) is 6.82. The number of hydrogen-bond acceptors (Lipinski definition) is 3. The van der Waals surface area contributed by atoms with E-state index >= 15 is 0 Å². The second-order valence-corrected chi connectivity index (χ2v) is 4.84. The highest BCUT2D eigenvalue weighted by Crippen LogP contribution is 2.31. The Hall–Kier alpha value is -1.91. The van der Waals surface area contributed by atoms with Crippen LogP contribution in [-0.2, 0) is 6.42 Å². The van der Waals surface area contributed by atoms with Crippen LogP contribution in [0.3, 0.4) is 0 Å². The molecule has 5 heteroatoms. The third-order valence-electron chi connectivity index (χ3n) is 3.21. The number of unbranched alkanes of at least 4 members (excludes halogenated alkanes) is 3. The maximum atomic E-state index is 13.3. The van der Waals surface area contributed by atoms with Gasteiger partial charge >= 0.3 is 0 Å². The Morgan fingerprint density at radius 2 is 1.80 bits per heavy atom. The van der Waals surface area contributed by atoms with E-state index in [1.807, 2.05) is 0 Å². The van der Waals surface area contributed by atoms with Gasteiger partial charge in [-0.25, -0.2) is 8.78 Å². The minimum absolute atomic E-state index is 0.0977. The molecular weight excluding hydrogens is 262 g/mol. The third kappa shape index (κ3) is 3.35. The van der Waals surface area contributed by atoms with Gasteiger partial charge in [0.2, 0.25) is 5.88 Å². The highest BCUT2D eigenvalue weighted by atomic mass is 19.1. The molecule has 108 valence electrons. The lowest BCUT2D eigenvalue weighted by atomic mass is 10.0. The quantitative estimate of drug-likeness (QED) is 0.801. The molecule has 0 unspecified atom stereocenters. The predicted octanol–water partition coefficient (Wildman–Crippen LogP) is 4.32. The molecule has 0 atom stereocenters. The molecule has 1 aromatic heterocycles. The number of hydrogen-bond donors (Lipinski definition) is 1. The van der Waals surface area contributed by atoms with Crippen LogP contribution in [0.15, 0.2) is 22.7 Å². The van der Waals surface area contributed by atoms with Crippen molar-refractivity contribution in [3.63, 3.8) is 0 Å². The van der Waals surface area contributed by atoms with Gasteiger partial charge in [-0.05, 0) is 30.5 Å². The molecule has 0 aliphatic heterocycles. The minimum Gasteiger partial charge on any atom is -0.367 e. The first-order chi connectivity index (χ1) is 9.61. The van der Waals surface area contributed by atoms with E-state index in [2.05, 4.69) is 12.1 Å². The normalized spacial score (nSPS) is 10.9. The van der Waals surface area contributed by atoms with Gasteiger partial charge in [0.25, 0.3) is 0 Å². The summed E-state index contributed by atoms with van der Waals surface area (Å²) in [6, 6.07) is 3.30. The van der Waals surface area contributed by atoms with Crippen molar-refractivity contribution in [2.24, 2.45) is 0 Å². The van der Waals surface area contributed by atoms with E-state index < -0.39 is 11.6 Å². The molecule has 0 saturated carbocycles. The molecule has 2 N–H and O–H groups in total. The van der Waals surface area contributed by atoms with E-state index in [1.165, 1.54) is 12.1 Å². The van der Waals surface area contributed by atoms with Gasteiger partial charge in [-0.15, -0.1) is 0 Å². The highest BCUT2D eigenvalue weighted by molar-refractivity contribution is 5.75. The molecule has 3 nitrogen and oxygen atoms in total. The molecule has 0 fully saturated rings. The summed E-state index contributed by atoms with van der Waals surface area (Å²) in [5.74, 6) is -1.18. The average Bonchev–Trinajstić information content (AvgIpc) is 2.75. The van der Waals surface area contributed by atoms with E-state index in [9.17, 15) is 8.78 Å². The summed E-state index contributed by atoms with van der Waals surface area (Å²) in [5.41, 5.74) is 7.25. The maximum Gasteiger partial charge on any atom is 0.230 e. The Labute approximate surface area is 116 Å². The molecule has 1 aromatic carbocycles. The molecular formula is C15H18F2N2O. The molecule has 2 aromatic rings. The van der Waals surface area contributed by atoms with Crippen LogP contribution < -0.4 is 5.73 Å². The lowest BCUT2D eigenvalue weighted by Gasteiger charge is -2.03. The van der Waals surface area contributed by atoms with E-state index in [0.29, 0.717) is 23.2 Å². The van der Waals surface area contributed by atoms with Crippen LogP contribution in [0, 0.1) is 11.6 Å². The molecule has 0 bridgehead atoms. The zero-order valence-corrected chi connectivity index (χ0v) is 11.5. The SMILES string of the molecule is CCCCCCc1noc(N)c1-c1cc(F)cc(F)c1. The number of aryl methyl sites for hydroxylation is 1. The average molecular weight is 280 g/mol. The summed E-state index contributed by atoms with van der Waals surface area (Å²) in [7, 11) is 0. The van der Waals surface area contributed by atoms with Gasteiger partial charge in [0.15, 0.2) is 0 Å². The van der Waals surface area contributed by atoms with Crippen molar-refractivity contribution >= 4 is 5.88 Å². The summed E-state index contributed by atoms with van der Waals surface area (Å²) in [4.78, 5) is 0. The molecule has 2 rings (SSSR count). The Morgan fingerprint density at radius 1 is 1.10 bits per heavy atom. The second kappa shape index (κ2) is 6.50. The summed E-state index contributed by atoms with van der Waals surface area (Å²) >= 11 is 0. The second-order valence-electron chi connectivity index (χ2n) is 4.84. The van der Waals surface area contributed by atoms with Crippen molar-refractivity contribution in [2.75, 3.05) is 5.73 Å². The number of anilines is 1. The van der Waals surface area contributed by atoms with Crippen molar-refractivity contribution in [1.29, 1.82) is 0 Å². The molecule has 0 radical (unpaired) electrons. The summed E-state index contributed by atoms with van der Waals surface area (Å²) in [6.07, 6.45) is 5.01. The van der Waals surface area contributed by atoms with Crippen LogP contribution in [-0.4, -0.2) is 5.16 Å². The Balaban J connectivity index is 2.24. The van der Waals surface area contributed by atoms with Crippen molar-refractivity contribution in [2.45, 2.75) is 39.0 Å². The molecule has 1 heterocycles. The Bertz CT molecular complexity index is 561. The van der Waals surface area contributed by atoms with Gasteiger partial charge in [0.1, 0.15) is 11.6 Å². The predicted molar refractivity (Wildman–Crippen MR) is 74.1 cm³/mol. The lowest BCUT2D eigenvalue weighted by Crippen LogP contribution is -1.93. The molecule has 0 amide bonds. The highest BCUT2D eigenvalue weighted by Gasteiger charge is 2.17. The fourth-order valence-electron chi connectivity index (χ4n) is 2.23. The number of nitrogens with two attached hydrogens (primary N) is 1. The summed E-state index contributed by atoms with van der Waals surface area (Å²) < 4.78 is 31.6. The first-order valence-corrected chi connectivity index (χ1v) is 6.82. The molecule has 0 spiro atoms. The lowest BCUT2D eigenvalue weighted by molar-refractivity contribution is 0.426. The minimum atomic E-state index is -0.641. The van der Waals surface area contributed by atoms with Gasteiger partial charge in [-0.2, -0.15) is 0 Å². The van der Waals surface area contributed by atoms with E-state index in [4.69, 9.17) is 10.3 Å². The Kier molecular flexibility index (Phi) is 4.71. The topological polar surface area (TPSA) is 52.0 Å². The van der Waals surface area contributed by atoms with Crippen LogP contribution in [0.1, 0.15) is 38.3 Å². The van der Waals surface area contributed by atoms with Gasteiger partial charge in [0.05, 0.1) is 11.3 Å². The van der Waals surface area contributed by atoms with E-state index in [0.717, 1.165) is 31.7 Å². The first kappa shape index (κ1) is 14.5. The zero-order chi connectivity index (χ0) is 14.5.